The molecule has 0 N–H and O–H groups in total. The van der Waals surface area contributed by atoms with Gasteiger partial charge in [0.05, 0.1) is 6.07 Å². The van der Waals surface area contributed by atoms with Crippen molar-refractivity contribution in [3.63, 3.8) is 0 Å². The van der Waals surface area contributed by atoms with Crippen LogP contribution in [0, 0.1) is 24.0 Å². The third-order valence-corrected chi connectivity index (χ3v) is 1.34. The molecular weight excluding hydrogens is 237 g/mol. The van der Waals surface area contributed by atoms with Crippen LogP contribution in [0.25, 0.3) is 4.98 Å². The van der Waals surface area contributed by atoms with Gasteiger partial charge in [0.15, 0.2) is 4.98 Å². The highest BCUT2D eigenvalue weighted by atomic mass is 19.5. The number of hydrogen-bond donors (Lipinski definition) is 0. The maximum Gasteiger partial charge on any atom is 0.673 e. The summed E-state index contributed by atoms with van der Waals surface area (Å²) >= 11 is 0. The molecule has 0 heterocycles. The lowest BCUT2D eigenvalue weighted by atomic mass is 10.2. The van der Waals surface area contributed by atoms with Crippen LogP contribution in [-0.4, -0.2) is 7.25 Å². The Kier molecular flexibility index (Phi) is 4.81. The van der Waals surface area contributed by atoms with Crippen molar-refractivity contribution in [2.24, 2.45) is 0 Å². The van der Waals surface area contributed by atoms with Gasteiger partial charge in [-0.3, -0.25) is 0 Å². The van der Waals surface area contributed by atoms with Crippen molar-refractivity contribution >= 4 is 12.9 Å². The molecule has 0 aromatic heterocycles. The smallest absolute Gasteiger partial charge is 0.418 e. The summed E-state index contributed by atoms with van der Waals surface area (Å²) in [6.07, 6.45) is 0. The molecule has 0 aliphatic carbocycles. The molecule has 0 fully saturated rings. The summed E-state index contributed by atoms with van der Waals surface area (Å²) in [5, 5.41) is 8.15. The van der Waals surface area contributed by atoms with E-state index < -0.39 is 18.9 Å². The van der Waals surface area contributed by atoms with Crippen LogP contribution in [0.2, 0.25) is 0 Å². The molecule has 88 valence electrons. The zero-order chi connectivity index (χ0) is 12.9. The molecule has 0 saturated heterocycles. The number of rotatable bonds is 0. The number of hydrogen-bond acceptors (Lipinski definition) is 1. The Morgan fingerprint density at radius 3 is 1.88 bits per heavy atom. The fourth-order valence-corrected chi connectivity index (χ4v) is 0.712. The molecule has 0 amide bonds. The van der Waals surface area contributed by atoms with E-state index in [2.05, 4.69) is 4.98 Å². The minimum absolute atomic E-state index is 0.190. The van der Waals surface area contributed by atoms with Gasteiger partial charge in [-0.25, -0.2) is 4.39 Å². The predicted molar refractivity (Wildman–Crippen MR) is 46.0 cm³/mol. The minimum atomic E-state index is -6.00. The highest BCUT2D eigenvalue weighted by Crippen LogP contribution is 2.20. The van der Waals surface area contributed by atoms with Gasteiger partial charge in [0.2, 0.25) is 11.2 Å². The number of halogens is 6. The molecule has 16 heavy (non-hydrogen) atoms. The molecule has 9 heteroatoms. The first-order valence-corrected chi connectivity index (χ1v) is 3.83. The van der Waals surface area contributed by atoms with E-state index >= 15 is 0 Å². The lowest BCUT2D eigenvalue weighted by Crippen LogP contribution is -2.02. The van der Waals surface area contributed by atoms with Crippen LogP contribution in [-0.2, 0) is 0 Å². The first-order chi connectivity index (χ1) is 7.15. The van der Waals surface area contributed by atoms with E-state index in [-0.39, 0.29) is 11.3 Å². The van der Waals surface area contributed by atoms with Crippen molar-refractivity contribution in [2.45, 2.75) is 6.92 Å². The molecule has 0 aliphatic heterocycles. The second-order valence-electron chi connectivity index (χ2n) is 2.65. The lowest BCUT2D eigenvalue weighted by molar-refractivity contribution is 0.368. The summed E-state index contributed by atoms with van der Waals surface area (Å²) in [5.74, 6) is -1.31. The molecule has 1 aromatic rings. The highest BCUT2D eigenvalue weighted by Gasteiger charge is 2.20. The first-order valence-electron chi connectivity index (χ1n) is 3.83. The van der Waals surface area contributed by atoms with Gasteiger partial charge in [0, 0.05) is 0 Å². The van der Waals surface area contributed by atoms with E-state index in [0.29, 0.717) is 0 Å². The van der Waals surface area contributed by atoms with Gasteiger partial charge in [-0.1, -0.05) is 0 Å². The fourth-order valence-electron chi connectivity index (χ4n) is 0.712. The number of aryl methyl sites for hydroxylation is 1. The highest BCUT2D eigenvalue weighted by molar-refractivity contribution is 6.50. The fraction of sp³-hybridized carbons (Fsp3) is 0.143. The van der Waals surface area contributed by atoms with Crippen LogP contribution < -0.4 is 0 Å². The number of nitrogens with zero attached hydrogens (tertiary/aromatic N) is 2. The third-order valence-electron chi connectivity index (χ3n) is 1.34. The van der Waals surface area contributed by atoms with E-state index in [1.54, 1.807) is 0 Å². The van der Waals surface area contributed by atoms with Gasteiger partial charge in [0.1, 0.15) is 5.82 Å². The summed E-state index contributed by atoms with van der Waals surface area (Å²) in [7, 11) is -6.00. The normalized spacial score (nSPS) is 10.1. The van der Waals surface area contributed by atoms with Crippen LogP contribution in [0.1, 0.15) is 5.56 Å². The molecule has 2 nitrogen and oxygen atoms in total. The van der Waals surface area contributed by atoms with E-state index in [0.717, 1.165) is 12.1 Å². The molecule has 1 aromatic carbocycles. The Hall–Kier alpha value is -1.72. The van der Waals surface area contributed by atoms with E-state index in [4.69, 9.17) is 5.39 Å². The molecule has 0 bridgehead atoms. The first kappa shape index (κ1) is 14.3. The van der Waals surface area contributed by atoms with Crippen LogP contribution in [0.15, 0.2) is 12.1 Å². The molecule has 0 saturated carbocycles. The summed E-state index contributed by atoms with van der Waals surface area (Å²) < 4.78 is 64.2. The molecule has 1 rings (SSSR count). The predicted octanol–water partition coefficient (Wildman–Crippen LogP) is 4.06. The number of benzene rings is 1. The minimum Gasteiger partial charge on any atom is -0.418 e. The van der Waals surface area contributed by atoms with Crippen molar-refractivity contribution in [1.82, 2.24) is 0 Å². The van der Waals surface area contributed by atoms with Crippen molar-refractivity contribution in [2.75, 3.05) is 0 Å². The monoisotopic (exact) mass is 242 g/mol. The molecule has 0 spiro atoms. The van der Waals surface area contributed by atoms with Crippen LogP contribution in [0.3, 0.4) is 0 Å². The molecule has 0 aliphatic rings. The van der Waals surface area contributed by atoms with Crippen LogP contribution >= 0.6 is 0 Å². The van der Waals surface area contributed by atoms with Gasteiger partial charge in [-0.15, -0.1) is 0 Å². The Morgan fingerprint density at radius 2 is 1.50 bits per heavy atom. The third kappa shape index (κ3) is 5.90. The van der Waals surface area contributed by atoms with Gasteiger partial charge in [-0.2, -0.15) is 4.39 Å². The van der Waals surface area contributed by atoms with Gasteiger partial charge in [-0.05, 0) is 18.6 Å². The van der Waals surface area contributed by atoms with Crippen molar-refractivity contribution in [3.8, 4) is 0 Å². The average molecular weight is 242 g/mol. The zero-order valence-corrected chi connectivity index (χ0v) is 7.89. The van der Waals surface area contributed by atoms with Gasteiger partial charge >= 0.3 is 12.9 Å². The Labute approximate surface area is 86.6 Å². The van der Waals surface area contributed by atoms with E-state index in [9.17, 15) is 26.0 Å². The summed E-state index contributed by atoms with van der Waals surface area (Å²) in [4.78, 5) is 2.56. The van der Waals surface area contributed by atoms with Crippen LogP contribution in [0.5, 0.6) is 0 Å². The van der Waals surface area contributed by atoms with Gasteiger partial charge < -0.3 is 17.3 Å². The molecular formula is C7H5BF6N2. The Morgan fingerprint density at radius 1 is 1.06 bits per heavy atom. The Balaban J connectivity index is 0.000000385. The Bertz CT molecular complexity index is 405. The molecule has 0 atom stereocenters. The SMILES string of the molecule is Cc1cc(F)c([N+]#N)cc1F.F[B-](F)(F)F. The number of diazo groups is 1. The van der Waals surface area contributed by atoms with E-state index in [1.807, 2.05) is 0 Å². The maximum atomic E-state index is 12.6. The molecule has 0 unspecified atom stereocenters. The second-order valence-corrected chi connectivity index (χ2v) is 2.65. The summed E-state index contributed by atoms with van der Waals surface area (Å²) in [6, 6.07) is 1.81. The zero-order valence-electron chi connectivity index (χ0n) is 7.89. The maximum absolute atomic E-state index is 12.6. The van der Waals surface area contributed by atoms with Crippen molar-refractivity contribution in [1.29, 1.82) is 5.39 Å². The standard InChI is InChI=1S/C7H5F2N2.BF4/c1-4-2-6(9)7(11-10)3-5(4)8;2-1(3,4)5/h2-3H,1H3;/q+1;-1. The quantitative estimate of drug-likeness (QED) is 0.383. The topological polar surface area (TPSA) is 28.1 Å². The lowest BCUT2D eigenvalue weighted by Gasteiger charge is -1.94. The van der Waals surface area contributed by atoms with Crippen molar-refractivity contribution < 1.29 is 26.0 Å². The summed E-state index contributed by atoms with van der Waals surface area (Å²) in [6.45, 7) is 1.43. The van der Waals surface area contributed by atoms with Crippen LogP contribution in [0.4, 0.5) is 31.7 Å². The average Bonchev–Trinajstić information content (AvgIpc) is 2.08. The van der Waals surface area contributed by atoms with Gasteiger partial charge in [0.25, 0.3) is 0 Å². The van der Waals surface area contributed by atoms with Crippen molar-refractivity contribution in [3.05, 3.63) is 34.3 Å². The largest absolute Gasteiger partial charge is 0.673 e. The second kappa shape index (κ2) is 5.39. The molecule has 0 radical (unpaired) electrons. The summed E-state index contributed by atoms with van der Waals surface area (Å²) in [5.41, 5.74) is -0.192. The van der Waals surface area contributed by atoms with E-state index in [1.165, 1.54) is 6.92 Å².